The average Bonchev–Trinajstić information content (AvgIpc) is 3.26. The first-order chi connectivity index (χ1) is 11.2. The number of aromatic amines is 2. The molecule has 3 heterocycles. The van der Waals surface area contributed by atoms with E-state index in [0.717, 1.165) is 47.0 Å². The maximum absolute atomic E-state index is 12.4. The van der Waals surface area contributed by atoms with E-state index < -0.39 is 0 Å². The van der Waals surface area contributed by atoms with Crippen LogP contribution in [0.2, 0.25) is 0 Å². The molecule has 0 fully saturated rings. The summed E-state index contributed by atoms with van der Waals surface area (Å²) in [5.41, 5.74) is 3.61. The average molecular weight is 328 g/mol. The zero-order valence-electron chi connectivity index (χ0n) is 12.6. The number of rotatable bonds is 3. The summed E-state index contributed by atoms with van der Waals surface area (Å²) in [6, 6.07) is 0.119. The van der Waals surface area contributed by atoms with Crippen LogP contribution in [0.1, 0.15) is 34.1 Å². The third-order valence-corrected chi connectivity index (χ3v) is 4.87. The molecule has 1 amide bonds. The predicted molar refractivity (Wildman–Crippen MR) is 86.3 cm³/mol. The molecule has 0 bridgehead atoms. The number of thiazole rings is 1. The third-order valence-electron chi connectivity index (χ3n) is 3.98. The van der Waals surface area contributed by atoms with E-state index in [4.69, 9.17) is 0 Å². The van der Waals surface area contributed by atoms with E-state index in [-0.39, 0.29) is 11.9 Å². The normalized spacial score (nSPS) is 17.0. The van der Waals surface area contributed by atoms with E-state index in [2.05, 4.69) is 30.5 Å². The fraction of sp³-hybridized carbons (Fsp3) is 0.333. The minimum absolute atomic E-state index is 0.119. The smallest absolute Gasteiger partial charge is 0.271 e. The van der Waals surface area contributed by atoms with Crippen LogP contribution < -0.4 is 5.32 Å². The summed E-state index contributed by atoms with van der Waals surface area (Å²) in [6.07, 6.45) is 6.05. The second-order valence-corrected chi connectivity index (χ2v) is 6.54. The van der Waals surface area contributed by atoms with E-state index in [1.807, 2.05) is 6.92 Å². The van der Waals surface area contributed by atoms with Gasteiger partial charge in [-0.15, -0.1) is 11.3 Å². The van der Waals surface area contributed by atoms with Crippen LogP contribution in [0.25, 0.3) is 10.6 Å². The van der Waals surface area contributed by atoms with Crippen LogP contribution in [0, 0.1) is 6.92 Å². The van der Waals surface area contributed by atoms with Gasteiger partial charge in [0.15, 0.2) is 0 Å². The predicted octanol–water partition coefficient (Wildman–Crippen LogP) is 1.85. The van der Waals surface area contributed by atoms with Crippen LogP contribution in [0.15, 0.2) is 17.8 Å². The molecule has 118 valence electrons. The number of nitrogens with zero attached hydrogens (tertiary/aromatic N) is 3. The van der Waals surface area contributed by atoms with Gasteiger partial charge in [-0.3, -0.25) is 9.89 Å². The quantitative estimate of drug-likeness (QED) is 0.683. The van der Waals surface area contributed by atoms with E-state index in [1.54, 1.807) is 17.8 Å². The summed E-state index contributed by atoms with van der Waals surface area (Å²) in [5.74, 6) is 0.812. The lowest BCUT2D eigenvalue weighted by Crippen LogP contribution is -2.39. The first-order valence-electron chi connectivity index (χ1n) is 7.49. The van der Waals surface area contributed by atoms with Crippen molar-refractivity contribution in [2.75, 3.05) is 0 Å². The maximum Gasteiger partial charge on any atom is 0.271 e. The highest BCUT2D eigenvalue weighted by Crippen LogP contribution is 2.23. The monoisotopic (exact) mass is 328 g/mol. The van der Waals surface area contributed by atoms with Gasteiger partial charge in [0.1, 0.15) is 16.5 Å². The van der Waals surface area contributed by atoms with E-state index in [9.17, 15) is 4.79 Å². The van der Waals surface area contributed by atoms with Crippen molar-refractivity contribution in [2.45, 2.75) is 32.2 Å². The molecule has 3 aromatic heterocycles. The van der Waals surface area contributed by atoms with Crippen LogP contribution in [0.5, 0.6) is 0 Å². The lowest BCUT2D eigenvalue weighted by Gasteiger charge is -2.22. The van der Waals surface area contributed by atoms with Crippen LogP contribution in [0.4, 0.5) is 0 Å². The van der Waals surface area contributed by atoms with E-state index in [0.29, 0.717) is 5.69 Å². The third kappa shape index (κ3) is 2.77. The molecule has 0 spiro atoms. The number of nitrogens with one attached hydrogen (secondary N) is 3. The number of aryl methyl sites for hydroxylation is 2. The van der Waals surface area contributed by atoms with Crippen molar-refractivity contribution in [1.29, 1.82) is 0 Å². The number of aromatic nitrogens is 5. The van der Waals surface area contributed by atoms with Crippen molar-refractivity contribution >= 4 is 17.2 Å². The number of H-pyrrole nitrogens is 2. The Morgan fingerprint density at radius 3 is 3.17 bits per heavy atom. The van der Waals surface area contributed by atoms with Crippen LogP contribution >= 0.6 is 11.3 Å². The Kier molecular flexibility index (Phi) is 3.45. The lowest BCUT2D eigenvalue weighted by molar-refractivity contribution is 0.0929. The molecule has 8 heteroatoms. The minimum Gasteiger partial charge on any atom is -0.348 e. The fourth-order valence-electron chi connectivity index (χ4n) is 2.88. The Labute approximate surface area is 136 Å². The molecule has 1 unspecified atom stereocenters. The molecule has 0 saturated heterocycles. The van der Waals surface area contributed by atoms with Crippen molar-refractivity contribution in [1.82, 2.24) is 30.5 Å². The number of carbonyl (C=O) groups excluding carboxylic acids is 1. The first kappa shape index (κ1) is 14.1. The van der Waals surface area contributed by atoms with Gasteiger partial charge in [0.05, 0.1) is 11.9 Å². The fourth-order valence-corrected chi connectivity index (χ4v) is 3.67. The zero-order chi connectivity index (χ0) is 15.8. The Morgan fingerprint density at radius 1 is 1.43 bits per heavy atom. The molecule has 0 radical (unpaired) electrons. The molecule has 1 aliphatic rings. The van der Waals surface area contributed by atoms with E-state index in [1.165, 1.54) is 11.3 Å². The summed E-state index contributed by atoms with van der Waals surface area (Å²) in [5, 5.41) is 12.3. The van der Waals surface area contributed by atoms with Crippen LogP contribution in [0.3, 0.4) is 0 Å². The van der Waals surface area contributed by atoms with Crippen LogP contribution in [-0.2, 0) is 12.8 Å². The van der Waals surface area contributed by atoms with Crippen molar-refractivity contribution < 1.29 is 4.79 Å². The van der Waals surface area contributed by atoms with E-state index >= 15 is 0 Å². The number of carbonyl (C=O) groups is 1. The number of hydrogen-bond acceptors (Lipinski definition) is 5. The molecule has 4 rings (SSSR count). The second kappa shape index (κ2) is 5.62. The first-order valence-corrected chi connectivity index (χ1v) is 8.37. The SMILES string of the molecule is Cc1nc2c([nH]1)CC(NC(=O)c1csc(-c3cn[nH]c3)n1)CC2. The summed E-state index contributed by atoms with van der Waals surface area (Å²) in [7, 11) is 0. The molecular weight excluding hydrogens is 312 g/mol. The van der Waals surface area contributed by atoms with Crippen molar-refractivity contribution in [3.05, 3.63) is 40.7 Å². The Morgan fingerprint density at radius 2 is 2.35 bits per heavy atom. The highest BCUT2D eigenvalue weighted by Gasteiger charge is 2.24. The molecule has 0 aromatic carbocycles. The summed E-state index contributed by atoms with van der Waals surface area (Å²) in [6.45, 7) is 1.96. The molecule has 0 saturated carbocycles. The topological polar surface area (TPSA) is 99.4 Å². The van der Waals surface area contributed by atoms with Gasteiger partial charge in [-0.25, -0.2) is 9.97 Å². The number of amides is 1. The van der Waals surface area contributed by atoms with Gasteiger partial charge < -0.3 is 10.3 Å². The Hall–Kier alpha value is -2.48. The summed E-state index contributed by atoms with van der Waals surface area (Å²) >= 11 is 1.44. The lowest BCUT2D eigenvalue weighted by atomic mass is 9.96. The standard InChI is InChI=1S/C15H16N6OS/c1-8-18-11-3-2-10(4-12(11)19-8)20-14(22)13-7-23-15(21-13)9-5-16-17-6-9/h5-7,10H,2-4H2,1H3,(H,16,17)(H,18,19)(H,20,22). The molecule has 3 aromatic rings. The Balaban J connectivity index is 1.44. The van der Waals surface area contributed by atoms with Crippen molar-refractivity contribution in [3.8, 4) is 10.6 Å². The summed E-state index contributed by atoms with van der Waals surface area (Å²) in [4.78, 5) is 24.5. The van der Waals surface area contributed by atoms with Gasteiger partial charge in [0, 0.05) is 35.3 Å². The van der Waals surface area contributed by atoms with Gasteiger partial charge >= 0.3 is 0 Å². The molecule has 1 aliphatic carbocycles. The molecular formula is C15H16N6OS. The molecule has 1 atom stereocenters. The minimum atomic E-state index is -0.124. The highest BCUT2D eigenvalue weighted by molar-refractivity contribution is 7.13. The second-order valence-electron chi connectivity index (χ2n) is 5.69. The zero-order valence-corrected chi connectivity index (χ0v) is 13.4. The number of imidazole rings is 1. The van der Waals surface area contributed by atoms with Gasteiger partial charge in [-0.2, -0.15) is 5.10 Å². The largest absolute Gasteiger partial charge is 0.348 e. The van der Waals surface area contributed by atoms with Crippen molar-refractivity contribution in [2.24, 2.45) is 0 Å². The molecule has 23 heavy (non-hydrogen) atoms. The molecule has 0 aliphatic heterocycles. The van der Waals surface area contributed by atoms with Gasteiger partial charge in [-0.1, -0.05) is 0 Å². The van der Waals surface area contributed by atoms with Crippen molar-refractivity contribution in [3.63, 3.8) is 0 Å². The van der Waals surface area contributed by atoms with Gasteiger partial charge in [0.25, 0.3) is 5.91 Å². The van der Waals surface area contributed by atoms with Gasteiger partial charge in [0.2, 0.25) is 0 Å². The van der Waals surface area contributed by atoms with Gasteiger partial charge in [-0.05, 0) is 19.8 Å². The summed E-state index contributed by atoms with van der Waals surface area (Å²) < 4.78 is 0. The Bertz CT molecular complexity index is 834. The number of fused-ring (bicyclic) bond motifs is 1. The maximum atomic E-state index is 12.4. The van der Waals surface area contributed by atoms with Crippen LogP contribution in [-0.4, -0.2) is 37.1 Å². The number of hydrogen-bond donors (Lipinski definition) is 3. The molecule has 7 nitrogen and oxygen atoms in total. The molecule has 3 N–H and O–H groups in total. The highest BCUT2D eigenvalue weighted by atomic mass is 32.1.